The Bertz CT molecular complexity index is 506. The van der Waals surface area contributed by atoms with Gasteiger partial charge in [0.05, 0.1) is 0 Å². The Morgan fingerprint density at radius 3 is 2.50 bits per heavy atom. The van der Waals surface area contributed by atoms with E-state index in [0.717, 1.165) is 20.8 Å². The van der Waals surface area contributed by atoms with Crippen LogP contribution in [0.25, 0.3) is 10.8 Å². The lowest BCUT2D eigenvalue weighted by atomic mass is 10.1. The number of rotatable bonds is 1. The molecule has 0 saturated carbocycles. The molecule has 0 aliphatic carbocycles. The van der Waals surface area contributed by atoms with Gasteiger partial charge >= 0.3 is 0 Å². The molecule has 2 aromatic rings. The summed E-state index contributed by atoms with van der Waals surface area (Å²) in [4.78, 5) is 10.7. The minimum atomic E-state index is 0.742. The number of carbonyl (C=O) groups excluding carboxylic acids is 1. The third-order valence-electron chi connectivity index (χ3n) is 2.05. The number of carbonyl (C=O) groups is 1. The number of hydrogen-bond acceptors (Lipinski definition) is 1. The van der Waals surface area contributed by atoms with Gasteiger partial charge in [-0.3, -0.25) is 4.79 Å². The maximum atomic E-state index is 10.7. The maximum absolute atomic E-state index is 10.7. The lowest BCUT2D eigenvalue weighted by molar-refractivity contribution is 0.112. The monoisotopic (exact) mass is 408 g/mol. The molecule has 70 valence electrons. The van der Waals surface area contributed by atoms with Crippen molar-refractivity contribution in [1.82, 2.24) is 0 Å². The van der Waals surface area contributed by atoms with E-state index in [9.17, 15) is 4.79 Å². The van der Waals surface area contributed by atoms with Crippen molar-refractivity contribution >= 4 is 62.2 Å². The lowest BCUT2D eigenvalue weighted by Gasteiger charge is -2.03. The molecule has 0 heterocycles. The van der Waals surface area contributed by atoms with E-state index in [4.69, 9.17) is 0 Å². The van der Waals surface area contributed by atoms with E-state index in [1.165, 1.54) is 8.96 Å². The minimum Gasteiger partial charge on any atom is -0.298 e. The molecule has 3 heteroatoms. The third kappa shape index (κ3) is 1.79. The number of fused-ring (bicyclic) bond motifs is 1. The largest absolute Gasteiger partial charge is 0.298 e. The molecule has 0 bridgehead atoms. The fourth-order valence-corrected chi connectivity index (χ4v) is 2.88. The molecular formula is C11H6I2O. The molecule has 2 aromatic carbocycles. The Labute approximate surface area is 109 Å². The topological polar surface area (TPSA) is 17.1 Å². The number of halogens is 2. The van der Waals surface area contributed by atoms with Crippen LogP contribution in [0.4, 0.5) is 0 Å². The quantitative estimate of drug-likeness (QED) is 0.518. The molecule has 0 spiro atoms. The van der Waals surface area contributed by atoms with E-state index in [1.807, 2.05) is 24.3 Å². The third-order valence-corrected chi connectivity index (χ3v) is 3.88. The highest BCUT2D eigenvalue weighted by Crippen LogP contribution is 2.26. The summed E-state index contributed by atoms with van der Waals surface area (Å²) >= 11 is 4.55. The lowest BCUT2D eigenvalue weighted by Crippen LogP contribution is -1.86. The summed E-state index contributed by atoms with van der Waals surface area (Å²) in [5.41, 5.74) is 0.742. The van der Waals surface area contributed by atoms with Crippen LogP contribution in [-0.2, 0) is 0 Å². The first kappa shape index (κ1) is 10.4. The predicted octanol–water partition coefficient (Wildman–Crippen LogP) is 3.86. The van der Waals surface area contributed by atoms with E-state index < -0.39 is 0 Å². The number of aldehydes is 1. The zero-order valence-corrected chi connectivity index (χ0v) is 11.4. The molecule has 0 amide bonds. The summed E-state index contributed by atoms with van der Waals surface area (Å²) in [7, 11) is 0. The van der Waals surface area contributed by atoms with E-state index in [2.05, 4.69) is 51.2 Å². The predicted molar refractivity (Wildman–Crippen MR) is 74.8 cm³/mol. The molecule has 0 aromatic heterocycles. The maximum Gasteiger partial charge on any atom is 0.150 e. The molecule has 0 N–H and O–H groups in total. The zero-order chi connectivity index (χ0) is 10.1. The molecule has 2 rings (SSSR count). The van der Waals surface area contributed by atoms with Gasteiger partial charge in [-0.15, -0.1) is 0 Å². The highest BCUT2D eigenvalue weighted by molar-refractivity contribution is 14.1. The smallest absolute Gasteiger partial charge is 0.150 e. The van der Waals surface area contributed by atoms with Gasteiger partial charge in [-0.1, -0.05) is 12.1 Å². The summed E-state index contributed by atoms with van der Waals surface area (Å²) in [6, 6.07) is 10.0. The van der Waals surface area contributed by atoms with Crippen LogP contribution in [0.1, 0.15) is 10.4 Å². The normalized spacial score (nSPS) is 10.4. The molecule has 0 atom stereocenters. The zero-order valence-electron chi connectivity index (χ0n) is 7.13. The van der Waals surface area contributed by atoms with Crippen molar-refractivity contribution < 1.29 is 4.79 Å². The summed E-state index contributed by atoms with van der Waals surface area (Å²) < 4.78 is 2.31. The summed E-state index contributed by atoms with van der Waals surface area (Å²) in [6.07, 6.45) is 0.894. The standard InChI is InChI=1S/C11H6I2O/c12-10-3-1-2-8-9(10)4-7(6-14)5-11(8)13/h1-6H. The molecule has 0 radical (unpaired) electrons. The van der Waals surface area contributed by atoms with E-state index in [-0.39, 0.29) is 0 Å². The minimum absolute atomic E-state index is 0.742. The first-order valence-corrected chi connectivity index (χ1v) is 6.21. The van der Waals surface area contributed by atoms with E-state index >= 15 is 0 Å². The Balaban J connectivity index is 2.90. The second-order valence-corrected chi connectivity index (χ2v) is 5.28. The Morgan fingerprint density at radius 1 is 1.00 bits per heavy atom. The van der Waals surface area contributed by atoms with Crippen molar-refractivity contribution in [3.05, 3.63) is 43.0 Å². The van der Waals surface area contributed by atoms with Gasteiger partial charge in [0.25, 0.3) is 0 Å². The van der Waals surface area contributed by atoms with Crippen molar-refractivity contribution in [3.63, 3.8) is 0 Å². The molecule has 0 fully saturated rings. The first-order valence-electron chi connectivity index (χ1n) is 4.05. The van der Waals surface area contributed by atoms with E-state index in [0.29, 0.717) is 0 Å². The molecule has 0 aliphatic heterocycles. The van der Waals surface area contributed by atoms with Crippen LogP contribution in [0.15, 0.2) is 30.3 Å². The summed E-state index contributed by atoms with van der Waals surface area (Å²) in [5.74, 6) is 0. The van der Waals surface area contributed by atoms with Gasteiger partial charge in [0.2, 0.25) is 0 Å². The number of benzene rings is 2. The molecule has 0 unspecified atom stereocenters. The van der Waals surface area contributed by atoms with Crippen LogP contribution >= 0.6 is 45.2 Å². The Hall–Kier alpha value is -0.170. The summed E-state index contributed by atoms with van der Waals surface area (Å²) in [6.45, 7) is 0. The highest BCUT2D eigenvalue weighted by Gasteiger charge is 2.03. The fourth-order valence-electron chi connectivity index (χ4n) is 1.39. The number of hydrogen-bond donors (Lipinski definition) is 0. The average Bonchev–Trinajstić information content (AvgIpc) is 2.19. The van der Waals surface area contributed by atoms with Gasteiger partial charge < -0.3 is 0 Å². The van der Waals surface area contributed by atoms with Crippen LogP contribution in [0.2, 0.25) is 0 Å². The molecule has 14 heavy (non-hydrogen) atoms. The van der Waals surface area contributed by atoms with Crippen LogP contribution in [0.5, 0.6) is 0 Å². The van der Waals surface area contributed by atoms with Gasteiger partial charge in [0, 0.05) is 12.7 Å². The van der Waals surface area contributed by atoms with Crippen LogP contribution in [-0.4, -0.2) is 6.29 Å². The van der Waals surface area contributed by atoms with E-state index in [1.54, 1.807) is 0 Å². The van der Waals surface area contributed by atoms with Gasteiger partial charge in [0.15, 0.2) is 0 Å². The van der Waals surface area contributed by atoms with Crippen LogP contribution in [0.3, 0.4) is 0 Å². The van der Waals surface area contributed by atoms with Crippen molar-refractivity contribution in [3.8, 4) is 0 Å². The van der Waals surface area contributed by atoms with Crippen molar-refractivity contribution in [2.75, 3.05) is 0 Å². The van der Waals surface area contributed by atoms with Gasteiger partial charge in [-0.05, 0) is 74.2 Å². The average molecular weight is 408 g/mol. The van der Waals surface area contributed by atoms with Gasteiger partial charge in [0.1, 0.15) is 6.29 Å². The van der Waals surface area contributed by atoms with Crippen molar-refractivity contribution in [2.24, 2.45) is 0 Å². The highest BCUT2D eigenvalue weighted by atomic mass is 127. The molecule has 0 saturated heterocycles. The van der Waals surface area contributed by atoms with Gasteiger partial charge in [-0.25, -0.2) is 0 Å². The van der Waals surface area contributed by atoms with Gasteiger partial charge in [-0.2, -0.15) is 0 Å². The van der Waals surface area contributed by atoms with Crippen LogP contribution < -0.4 is 0 Å². The second kappa shape index (κ2) is 4.14. The molecule has 1 nitrogen and oxygen atoms in total. The Morgan fingerprint density at radius 2 is 1.79 bits per heavy atom. The fraction of sp³-hybridized carbons (Fsp3) is 0. The summed E-state index contributed by atoms with van der Waals surface area (Å²) in [5, 5.41) is 2.37. The van der Waals surface area contributed by atoms with Crippen molar-refractivity contribution in [1.29, 1.82) is 0 Å². The molecule has 0 aliphatic rings. The van der Waals surface area contributed by atoms with Crippen molar-refractivity contribution in [2.45, 2.75) is 0 Å². The molecular weight excluding hydrogens is 402 g/mol. The SMILES string of the molecule is O=Cc1cc(I)c2cccc(I)c2c1. The second-order valence-electron chi connectivity index (χ2n) is 2.96. The first-order chi connectivity index (χ1) is 6.72. The van der Waals surface area contributed by atoms with Crippen LogP contribution in [0, 0.1) is 7.14 Å². The Kier molecular flexibility index (Phi) is 3.06.